The number of carbonyl (C=O) groups excluding carboxylic acids is 1. The van der Waals surface area contributed by atoms with Crippen molar-refractivity contribution >= 4 is 33.0 Å². The number of hydrogen-bond donors (Lipinski definition) is 0. The minimum Gasteiger partial charge on any atom is -0.497 e. The number of nitriles is 1. The van der Waals surface area contributed by atoms with Gasteiger partial charge in [0.2, 0.25) is 5.78 Å². The van der Waals surface area contributed by atoms with E-state index in [1.165, 1.54) is 18.4 Å². The van der Waals surface area contributed by atoms with Gasteiger partial charge in [-0.05, 0) is 39.5 Å². The first-order valence-corrected chi connectivity index (χ1v) is 7.29. The van der Waals surface area contributed by atoms with Crippen LogP contribution in [0.2, 0.25) is 0 Å². The number of halogens is 1. The van der Waals surface area contributed by atoms with Crippen LogP contribution in [0.25, 0.3) is 0 Å². The van der Waals surface area contributed by atoms with E-state index in [1.807, 2.05) is 17.5 Å². The molecule has 0 saturated carbocycles. The van der Waals surface area contributed by atoms with Crippen molar-refractivity contribution in [2.24, 2.45) is 0 Å². The topological polar surface area (TPSA) is 59.3 Å². The molecule has 0 saturated heterocycles. The molecule has 4 nitrogen and oxygen atoms in total. The van der Waals surface area contributed by atoms with Gasteiger partial charge >= 0.3 is 0 Å². The third-order valence-corrected chi connectivity index (χ3v) is 4.36. The van der Waals surface area contributed by atoms with Crippen LogP contribution in [0.1, 0.15) is 15.2 Å². The molecule has 102 valence electrons. The van der Waals surface area contributed by atoms with Crippen LogP contribution in [0, 0.1) is 11.3 Å². The molecule has 1 aromatic carbocycles. The first-order valence-electron chi connectivity index (χ1n) is 5.62. The molecule has 1 aromatic heterocycles. The lowest BCUT2D eigenvalue weighted by Crippen LogP contribution is -2.10. The van der Waals surface area contributed by atoms with E-state index in [-0.39, 0.29) is 12.4 Å². The molecule has 0 fully saturated rings. The Morgan fingerprint density at radius 3 is 2.75 bits per heavy atom. The maximum atomic E-state index is 12.0. The molecule has 20 heavy (non-hydrogen) atoms. The maximum absolute atomic E-state index is 12.0. The summed E-state index contributed by atoms with van der Waals surface area (Å²) in [7, 11) is 1.51. The Balaban J connectivity index is 2.10. The van der Waals surface area contributed by atoms with E-state index in [2.05, 4.69) is 15.9 Å². The van der Waals surface area contributed by atoms with E-state index >= 15 is 0 Å². The van der Waals surface area contributed by atoms with Crippen LogP contribution in [-0.2, 0) is 0 Å². The lowest BCUT2D eigenvalue weighted by Gasteiger charge is -2.07. The number of carbonyl (C=O) groups is 1. The van der Waals surface area contributed by atoms with Gasteiger partial charge in [-0.1, -0.05) is 0 Å². The SMILES string of the molecule is COc1cc(C#N)cc(OCC(=O)c2sccc2Br)c1. The monoisotopic (exact) mass is 351 g/mol. The highest BCUT2D eigenvalue weighted by atomic mass is 79.9. The molecule has 0 amide bonds. The first kappa shape index (κ1) is 14.6. The highest BCUT2D eigenvalue weighted by Crippen LogP contribution is 2.25. The van der Waals surface area contributed by atoms with Crippen molar-refractivity contribution in [3.63, 3.8) is 0 Å². The quantitative estimate of drug-likeness (QED) is 0.771. The van der Waals surface area contributed by atoms with Gasteiger partial charge in [-0.15, -0.1) is 11.3 Å². The number of ether oxygens (including phenoxy) is 2. The van der Waals surface area contributed by atoms with Crippen molar-refractivity contribution in [1.29, 1.82) is 5.26 Å². The molecule has 0 aliphatic carbocycles. The third kappa shape index (κ3) is 3.38. The average Bonchev–Trinajstić information content (AvgIpc) is 2.90. The molecular formula is C14H10BrNO3S. The van der Waals surface area contributed by atoms with Gasteiger partial charge < -0.3 is 9.47 Å². The Morgan fingerprint density at radius 2 is 2.15 bits per heavy atom. The van der Waals surface area contributed by atoms with Crippen molar-refractivity contribution in [2.45, 2.75) is 0 Å². The summed E-state index contributed by atoms with van der Waals surface area (Å²) in [4.78, 5) is 12.6. The fraction of sp³-hybridized carbons (Fsp3) is 0.143. The van der Waals surface area contributed by atoms with E-state index < -0.39 is 0 Å². The number of hydrogen-bond acceptors (Lipinski definition) is 5. The van der Waals surface area contributed by atoms with Crippen LogP contribution < -0.4 is 9.47 Å². The normalized spacial score (nSPS) is 9.85. The van der Waals surface area contributed by atoms with Gasteiger partial charge in [0.1, 0.15) is 11.5 Å². The number of Topliss-reactive ketones (excluding diaryl/α,β-unsaturated/α-hetero) is 1. The molecule has 0 bridgehead atoms. The lowest BCUT2D eigenvalue weighted by molar-refractivity contribution is 0.0924. The summed E-state index contributed by atoms with van der Waals surface area (Å²) in [6.45, 7) is -0.0862. The zero-order chi connectivity index (χ0) is 14.5. The molecule has 0 unspecified atom stereocenters. The summed E-state index contributed by atoms with van der Waals surface area (Å²) < 4.78 is 11.3. The molecule has 0 aliphatic heterocycles. The van der Waals surface area contributed by atoms with Crippen LogP contribution in [-0.4, -0.2) is 19.5 Å². The standard InChI is InChI=1S/C14H10BrNO3S/c1-18-10-4-9(7-16)5-11(6-10)19-8-13(17)14-12(15)2-3-20-14/h2-6H,8H2,1H3. The van der Waals surface area contributed by atoms with E-state index in [0.29, 0.717) is 21.9 Å². The van der Waals surface area contributed by atoms with E-state index in [1.54, 1.807) is 18.2 Å². The van der Waals surface area contributed by atoms with E-state index in [0.717, 1.165) is 4.47 Å². The minimum atomic E-state index is -0.117. The number of nitrogens with zero attached hydrogens (tertiary/aromatic N) is 1. The van der Waals surface area contributed by atoms with Gasteiger partial charge in [0.05, 0.1) is 23.6 Å². The summed E-state index contributed by atoms with van der Waals surface area (Å²) in [6.07, 6.45) is 0. The van der Waals surface area contributed by atoms with Crippen molar-refractivity contribution < 1.29 is 14.3 Å². The largest absolute Gasteiger partial charge is 0.497 e. The number of benzene rings is 1. The molecule has 6 heteroatoms. The summed E-state index contributed by atoms with van der Waals surface area (Å²) in [5.74, 6) is 0.832. The minimum absolute atomic E-state index is 0.0862. The second-order valence-electron chi connectivity index (χ2n) is 3.82. The van der Waals surface area contributed by atoms with E-state index in [4.69, 9.17) is 14.7 Å². The Morgan fingerprint density at radius 1 is 1.40 bits per heavy atom. The van der Waals surface area contributed by atoms with Crippen molar-refractivity contribution in [1.82, 2.24) is 0 Å². The smallest absolute Gasteiger partial charge is 0.211 e. The predicted octanol–water partition coefficient (Wildman–Crippen LogP) is 3.65. The van der Waals surface area contributed by atoms with Crippen molar-refractivity contribution in [3.8, 4) is 17.6 Å². The number of rotatable bonds is 5. The second kappa shape index (κ2) is 6.55. The van der Waals surface area contributed by atoms with Crippen LogP contribution in [0.3, 0.4) is 0 Å². The van der Waals surface area contributed by atoms with Crippen LogP contribution in [0.4, 0.5) is 0 Å². The molecule has 0 radical (unpaired) electrons. The Hall–Kier alpha value is -1.84. The zero-order valence-electron chi connectivity index (χ0n) is 10.6. The fourth-order valence-corrected chi connectivity index (χ4v) is 3.06. The summed E-state index contributed by atoms with van der Waals surface area (Å²) in [5, 5.41) is 10.7. The summed E-state index contributed by atoms with van der Waals surface area (Å²) in [5.41, 5.74) is 0.420. The van der Waals surface area contributed by atoms with Gasteiger partial charge in [-0.25, -0.2) is 0 Å². The first-order chi connectivity index (χ1) is 9.63. The molecule has 0 aliphatic rings. The highest BCUT2D eigenvalue weighted by molar-refractivity contribution is 9.10. The molecule has 1 heterocycles. The van der Waals surface area contributed by atoms with Crippen LogP contribution >= 0.6 is 27.3 Å². The van der Waals surface area contributed by atoms with Crippen molar-refractivity contribution in [2.75, 3.05) is 13.7 Å². The summed E-state index contributed by atoms with van der Waals surface area (Å²) >= 11 is 4.66. The Kier molecular flexibility index (Phi) is 4.77. The number of thiophene rings is 1. The molecule has 0 atom stereocenters. The van der Waals surface area contributed by atoms with Gasteiger partial charge in [0, 0.05) is 10.5 Å². The fourth-order valence-electron chi connectivity index (χ4n) is 1.54. The third-order valence-electron chi connectivity index (χ3n) is 2.49. The molecular weight excluding hydrogens is 342 g/mol. The molecule has 0 N–H and O–H groups in total. The zero-order valence-corrected chi connectivity index (χ0v) is 13.0. The van der Waals surface area contributed by atoms with Gasteiger partial charge in [-0.3, -0.25) is 4.79 Å². The average molecular weight is 352 g/mol. The van der Waals surface area contributed by atoms with Crippen LogP contribution in [0.5, 0.6) is 11.5 Å². The van der Waals surface area contributed by atoms with E-state index in [9.17, 15) is 4.79 Å². The van der Waals surface area contributed by atoms with Crippen LogP contribution in [0.15, 0.2) is 34.1 Å². The Bertz CT molecular complexity index is 675. The maximum Gasteiger partial charge on any atom is 0.211 e. The van der Waals surface area contributed by atoms with Gasteiger partial charge in [-0.2, -0.15) is 5.26 Å². The number of ketones is 1. The highest BCUT2D eigenvalue weighted by Gasteiger charge is 2.13. The summed E-state index contributed by atoms with van der Waals surface area (Å²) in [6, 6.07) is 8.64. The Labute approximate surface area is 128 Å². The number of methoxy groups -OCH3 is 1. The predicted molar refractivity (Wildman–Crippen MR) is 79.6 cm³/mol. The van der Waals surface area contributed by atoms with Gasteiger partial charge in [0.15, 0.2) is 6.61 Å². The molecule has 2 aromatic rings. The second-order valence-corrected chi connectivity index (χ2v) is 5.59. The molecule has 2 rings (SSSR count). The lowest BCUT2D eigenvalue weighted by atomic mass is 10.2. The molecule has 0 spiro atoms. The van der Waals surface area contributed by atoms with Crippen molar-refractivity contribution in [3.05, 3.63) is 44.6 Å². The van der Waals surface area contributed by atoms with Gasteiger partial charge in [0.25, 0.3) is 0 Å².